The summed E-state index contributed by atoms with van der Waals surface area (Å²) in [5.74, 6) is 0.672. The van der Waals surface area contributed by atoms with Crippen LogP contribution in [0.3, 0.4) is 0 Å². The standard InChI is InChI=1S/C15H21N3OS2/c1-12(2)7-9-19-10-8-16-15(21)18-14-5-3-13(4-6-14)17-11-20/h3-6,12H,7-10H2,1-2H3,(H2,16,18,21). The molecule has 0 aliphatic heterocycles. The van der Waals surface area contributed by atoms with E-state index < -0.39 is 0 Å². The average Bonchev–Trinajstić information content (AvgIpc) is 2.45. The van der Waals surface area contributed by atoms with Crippen molar-refractivity contribution >= 4 is 46.1 Å². The summed E-state index contributed by atoms with van der Waals surface area (Å²) in [5.41, 5.74) is 1.67. The molecule has 2 N–H and O–H groups in total. The highest BCUT2D eigenvalue weighted by atomic mass is 32.1. The monoisotopic (exact) mass is 323 g/mol. The molecule has 1 aromatic carbocycles. The number of aliphatic imine (C=N–C) groups is 1. The normalized spacial score (nSPS) is 10.0. The maximum atomic E-state index is 5.51. The molecule has 4 nitrogen and oxygen atoms in total. The first-order valence-electron chi connectivity index (χ1n) is 6.92. The van der Waals surface area contributed by atoms with E-state index in [1.54, 1.807) is 0 Å². The molecule has 0 atom stereocenters. The molecule has 0 heterocycles. The molecule has 0 radical (unpaired) electrons. The highest BCUT2D eigenvalue weighted by molar-refractivity contribution is 7.80. The zero-order valence-electron chi connectivity index (χ0n) is 12.4. The van der Waals surface area contributed by atoms with E-state index in [2.05, 4.69) is 46.9 Å². The van der Waals surface area contributed by atoms with Gasteiger partial charge in [-0.25, -0.2) is 0 Å². The minimum absolute atomic E-state index is 0.577. The van der Waals surface area contributed by atoms with Gasteiger partial charge in [-0.2, -0.15) is 4.99 Å². The topological polar surface area (TPSA) is 45.6 Å². The number of hydrogen-bond donors (Lipinski definition) is 2. The Morgan fingerprint density at radius 3 is 2.62 bits per heavy atom. The maximum absolute atomic E-state index is 5.51. The first-order valence-corrected chi connectivity index (χ1v) is 7.74. The Morgan fingerprint density at radius 1 is 1.29 bits per heavy atom. The number of anilines is 1. The quantitative estimate of drug-likeness (QED) is 0.433. The number of ether oxygens (including phenoxy) is 1. The highest BCUT2D eigenvalue weighted by Gasteiger charge is 1.98. The van der Waals surface area contributed by atoms with Gasteiger partial charge in [0.1, 0.15) is 0 Å². The average molecular weight is 323 g/mol. The molecule has 1 aromatic rings. The third-order valence-electron chi connectivity index (χ3n) is 2.67. The van der Waals surface area contributed by atoms with E-state index in [-0.39, 0.29) is 0 Å². The predicted molar refractivity (Wildman–Crippen MR) is 95.6 cm³/mol. The molecule has 6 heteroatoms. The van der Waals surface area contributed by atoms with E-state index in [4.69, 9.17) is 17.0 Å². The summed E-state index contributed by atoms with van der Waals surface area (Å²) in [7, 11) is 0. The second-order valence-corrected chi connectivity index (χ2v) is 5.52. The lowest BCUT2D eigenvalue weighted by atomic mass is 10.1. The summed E-state index contributed by atoms with van der Waals surface area (Å²) in [6.45, 7) is 6.50. The van der Waals surface area contributed by atoms with Crippen LogP contribution >= 0.6 is 24.4 Å². The van der Waals surface area contributed by atoms with Crippen molar-refractivity contribution in [1.82, 2.24) is 5.32 Å². The molecule has 0 saturated carbocycles. The molecule has 0 aromatic heterocycles. The Balaban J connectivity index is 2.20. The molecule has 1 rings (SSSR count). The Labute approximate surface area is 137 Å². The van der Waals surface area contributed by atoms with Crippen LogP contribution in [0.4, 0.5) is 11.4 Å². The van der Waals surface area contributed by atoms with Gasteiger partial charge in [-0.3, -0.25) is 0 Å². The number of nitrogens with zero attached hydrogens (tertiary/aromatic N) is 1. The van der Waals surface area contributed by atoms with Crippen LogP contribution in [0.5, 0.6) is 0 Å². The molecule has 0 amide bonds. The van der Waals surface area contributed by atoms with Crippen molar-refractivity contribution in [2.24, 2.45) is 10.9 Å². The van der Waals surface area contributed by atoms with Crippen LogP contribution in [0.1, 0.15) is 20.3 Å². The van der Waals surface area contributed by atoms with Gasteiger partial charge >= 0.3 is 0 Å². The first-order chi connectivity index (χ1) is 10.1. The SMILES string of the molecule is CC(C)CCOCCNC(=S)Nc1ccc(N=C=S)cc1. The summed E-state index contributed by atoms with van der Waals surface area (Å²) >= 11 is 9.76. The van der Waals surface area contributed by atoms with Gasteiger partial charge in [-0.05, 0) is 61.0 Å². The summed E-state index contributed by atoms with van der Waals surface area (Å²) in [5, 5.41) is 9.11. The van der Waals surface area contributed by atoms with Gasteiger partial charge < -0.3 is 15.4 Å². The molecule has 0 fully saturated rings. The van der Waals surface area contributed by atoms with Crippen molar-refractivity contribution < 1.29 is 4.74 Å². The molecule has 0 aliphatic carbocycles. The fraction of sp³-hybridized carbons (Fsp3) is 0.467. The largest absolute Gasteiger partial charge is 0.380 e. The fourth-order valence-electron chi connectivity index (χ4n) is 1.51. The van der Waals surface area contributed by atoms with E-state index in [0.717, 1.165) is 24.4 Å². The van der Waals surface area contributed by atoms with Crippen LogP contribution in [-0.2, 0) is 4.74 Å². The number of rotatable bonds is 8. The highest BCUT2D eigenvalue weighted by Crippen LogP contribution is 2.15. The van der Waals surface area contributed by atoms with E-state index in [1.165, 1.54) is 0 Å². The lowest BCUT2D eigenvalue weighted by Gasteiger charge is -2.11. The van der Waals surface area contributed by atoms with E-state index in [0.29, 0.717) is 24.2 Å². The number of isothiocyanates is 1. The third-order valence-corrected chi connectivity index (χ3v) is 3.01. The molecule has 21 heavy (non-hydrogen) atoms. The molecular weight excluding hydrogens is 302 g/mol. The zero-order valence-corrected chi connectivity index (χ0v) is 14.0. The summed E-state index contributed by atoms with van der Waals surface area (Å²) < 4.78 is 5.51. The van der Waals surface area contributed by atoms with Crippen LogP contribution in [0.25, 0.3) is 0 Å². The zero-order chi connectivity index (χ0) is 15.5. The van der Waals surface area contributed by atoms with Gasteiger partial charge in [-0.15, -0.1) is 0 Å². The Hall–Kier alpha value is -1.33. The molecule has 0 bridgehead atoms. The van der Waals surface area contributed by atoms with Gasteiger partial charge in [-0.1, -0.05) is 13.8 Å². The van der Waals surface area contributed by atoms with Crippen molar-refractivity contribution in [3.63, 3.8) is 0 Å². The van der Waals surface area contributed by atoms with Gasteiger partial charge in [0.15, 0.2) is 5.11 Å². The van der Waals surface area contributed by atoms with Crippen molar-refractivity contribution in [3.8, 4) is 0 Å². The van der Waals surface area contributed by atoms with Crippen molar-refractivity contribution in [3.05, 3.63) is 24.3 Å². The second kappa shape index (κ2) is 10.4. The third kappa shape index (κ3) is 8.52. The van der Waals surface area contributed by atoms with Gasteiger partial charge in [0.05, 0.1) is 17.5 Å². The molecule has 114 valence electrons. The second-order valence-electron chi connectivity index (χ2n) is 4.93. The van der Waals surface area contributed by atoms with Crippen molar-refractivity contribution in [1.29, 1.82) is 0 Å². The van der Waals surface area contributed by atoms with Crippen LogP contribution in [-0.4, -0.2) is 30.0 Å². The first kappa shape index (κ1) is 17.7. The maximum Gasteiger partial charge on any atom is 0.170 e. The molecule has 0 saturated heterocycles. The summed E-state index contributed by atoms with van der Waals surface area (Å²) in [6, 6.07) is 7.47. The number of benzene rings is 1. The Morgan fingerprint density at radius 2 is 2.00 bits per heavy atom. The van der Waals surface area contributed by atoms with Crippen molar-refractivity contribution in [2.45, 2.75) is 20.3 Å². The van der Waals surface area contributed by atoms with Crippen molar-refractivity contribution in [2.75, 3.05) is 25.1 Å². The predicted octanol–water partition coefficient (Wildman–Crippen LogP) is 3.77. The lowest BCUT2D eigenvalue weighted by Crippen LogP contribution is -2.31. The summed E-state index contributed by atoms with van der Waals surface area (Å²) in [6.07, 6.45) is 1.08. The van der Waals surface area contributed by atoms with Crippen LogP contribution in [0.15, 0.2) is 29.3 Å². The number of nitrogens with one attached hydrogen (secondary N) is 2. The van der Waals surface area contributed by atoms with Crippen LogP contribution in [0.2, 0.25) is 0 Å². The lowest BCUT2D eigenvalue weighted by molar-refractivity contribution is 0.128. The molecule has 0 aliphatic rings. The Kier molecular flexibility index (Phi) is 8.78. The van der Waals surface area contributed by atoms with Gasteiger partial charge in [0.25, 0.3) is 0 Å². The summed E-state index contributed by atoms with van der Waals surface area (Å²) in [4.78, 5) is 3.89. The minimum atomic E-state index is 0.577. The van der Waals surface area contributed by atoms with Gasteiger partial charge in [0.2, 0.25) is 0 Å². The Bertz CT molecular complexity index is 482. The van der Waals surface area contributed by atoms with Gasteiger partial charge in [0, 0.05) is 18.8 Å². The smallest absolute Gasteiger partial charge is 0.170 e. The van der Waals surface area contributed by atoms with E-state index in [9.17, 15) is 0 Å². The number of thiocarbonyl (C=S) groups is 2. The minimum Gasteiger partial charge on any atom is -0.380 e. The van der Waals surface area contributed by atoms with Crippen LogP contribution < -0.4 is 10.6 Å². The molecular formula is C15H21N3OS2. The van der Waals surface area contributed by atoms with E-state index in [1.807, 2.05) is 24.3 Å². The molecule has 0 spiro atoms. The number of hydrogen-bond acceptors (Lipinski definition) is 4. The van der Waals surface area contributed by atoms with E-state index >= 15 is 0 Å². The van der Waals surface area contributed by atoms with Crippen LogP contribution in [0, 0.1) is 5.92 Å². The fourth-order valence-corrected chi connectivity index (χ4v) is 1.83. The molecule has 0 unspecified atom stereocenters.